The number of fused-ring (bicyclic) bond motifs is 1. The Hall–Kier alpha value is -1.02. The number of hydrogen-bond acceptors (Lipinski definition) is 2. The van der Waals surface area contributed by atoms with Crippen LogP contribution < -0.4 is 4.74 Å². The monoisotopic (exact) mass is 206 g/mol. The van der Waals surface area contributed by atoms with Crippen LogP contribution in [0.4, 0.5) is 0 Å². The van der Waals surface area contributed by atoms with Crippen LogP contribution in [0.15, 0.2) is 18.2 Å². The molecular formula is C13H18O2. The Morgan fingerprint density at radius 3 is 2.93 bits per heavy atom. The summed E-state index contributed by atoms with van der Waals surface area (Å²) < 4.78 is 5.68. The predicted octanol–water partition coefficient (Wildman–Crippen LogP) is 2.33. The van der Waals surface area contributed by atoms with E-state index < -0.39 is 0 Å². The molecule has 0 fully saturated rings. The second kappa shape index (κ2) is 5.17. The second-order valence-electron chi connectivity index (χ2n) is 4.03. The molecule has 0 amide bonds. The Morgan fingerprint density at radius 1 is 1.20 bits per heavy atom. The summed E-state index contributed by atoms with van der Waals surface area (Å²) in [4.78, 5) is 0. The molecule has 0 aliphatic heterocycles. The maximum absolute atomic E-state index is 8.70. The van der Waals surface area contributed by atoms with Crippen LogP contribution in [-0.2, 0) is 12.8 Å². The van der Waals surface area contributed by atoms with Crippen molar-refractivity contribution in [2.45, 2.75) is 32.1 Å². The van der Waals surface area contributed by atoms with Gasteiger partial charge >= 0.3 is 0 Å². The summed E-state index contributed by atoms with van der Waals surface area (Å²) in [5.41, 5.74) is 2.84. The molecule has 0 bridgehead atoms. The fraction of sp³-hybridized carbons (Fsp3) is 0.538. The lowest BCUT2D eigenvalue weighted by atomic mass is 9.91. The lowest BCUT2D eigenvalue weighted by Crippen LogP contribution is -2.07. The quantitative estimate of drug-likeness (QED) is 0.766. The molecule has 2 heteroatoms. The van der Waals surface area contributed by atoms with Gasteiger partial charge in [-0.3, -0.25) is 0 Å². The first-order valence-corrected chi connectivity index (χ1v) is 5.76. The highest BCUT2D eigenvalue weighted by Crippen LogP contribution is 2.29. The van der Waals surface area contributed by atoms with Gasteiger partial charge in [-0.1, -0.05) is 12.1 Å². The van der Waals surface area contributed by atoms with E-state index in [0.29, 0.717) is 13.0 Å². The molecule has 0 atom stereocenters. The molecule has 0 radical (unpaired) electrons. The van der Waals surface area contributed by atoms with E-state index in [1.807, 2.05) is 6.07 Å². The third-order valence-electron chi connectivity index (χ3n) is 2.91. The van der Waals surface area contributed by atoms with E-state index in [9.17, 15) is 0 Å². The van der Waals surface area contributed by atoms with Crippen LogP contribution in [-0.4, -0.2) is 18.3 Å². The number of benzene rings is 1. The van der Waals surface area contributed by atoms with Gasteiger partial charge < -0.3 is 9.84 Å². The molecule has 1 aliphatic carbocycles. The zero-order chi connectivity index (χ0) is 10.5. The summed E-state index contributed by atoms with van der Waals surface area (Å²) in [5.74, 6) is 1.03. The number of ether oxygens (including phenoxy) is 1. The molecule has 0 aromatic heterocycles. The summed E-state index contributed by atoms with van der Waals surface area (Å²) in [5, 5.41) is 8.70. The summed E-state index contributed by atoms with van der Waals surface area (Å²) in [6.45, 7) is 0.821. The maximum atomic E-state index is 8.70. The number of aryl methyl sites for hydroxylation is 1. The van der Waals surface area contributed by atoms with Crippen molar-refractivity contribution < 1.29 is 9.84 Å². The zero-order valence-electron chi connectivity index (χ0n) is 9.04. The van der Waals surface area contributed by atoms with E-state index in [-0.39, 0.29) is 6.61 Å². The van der Waals surface area contributed by atoms with Crippen molar-refractivity contribution in [1.82, 2.24) is 0 Å². The van der Waals surface area contributed by atoms with Gasteiger partial charge in [-0.15, -0.1) is 0 Å². The minimum atomic E-state index is 0.203. The molecule has 0 heterocycles. The highest BCUT2D eigenvalue weighted by Gasteiger charge is 2.13. The largest absolute Gasteiger partial charge is 0.493 e. The van der Waals surface area contributed by atoms with Gasteiger partial charge in [-0.25, -0.2) is 0 Å². The fourth-order valence-corrected chi connectivity index (χ4v) is 2.13. The third-order valence-corrected chi connectivity index (χ3v) is 2.91. The van der Waals surface area contributed by atoms with Crippen molar-refractivity contribution in [3.63, 3.8) is 0 Å². The molecule has 0 saturated heterocycles. The smallest absolute Gasteiger partial charge is 0.122 e. The fourth-order valence-electron chi connectivity index (χ4n) is 2.13. The average Bonchev–Trinajstić information content (AvgIpc) is 2.30. The zero-order valence-corrected chi connectivity index (χ0v) is 9.04. The standard InChI is InChI=1S/C13H18O2/c14-9-4-10-15-13-8-3-6-11-5-1-2-7-12(11)13/h3,6,8,14H,1-2,4-5,7,9-10H2. The molecule has 15 heavy (non-hydrogen) atoms. The molecular weight excluding hydrogens is 188 g/mol. The third kappa shape index (κ3) is 2.51. The van der Waals surface area contributed by atoms with Crippen molar-refractivity contribution in [2.75, 3.05) is 13.2 Å². The van der Waals surface area contributed by atoms with Gasteiger partial charge in [0, 0.05) is 13.0 Å². The van der Waals surface area contributed by atoms with Crippen LogP contribution in [0.1, 0.15) is 30.4 Å². The summed E-state index contributed by atoms with van der Waals surface area (Å²) >= 11 is 0. The minimum Gasteiger partial charge on any atom is -0.493 e. The summed E-state index contributed by atoms with van der Waals surface area (Å²) in [6, 6.07) is 6.31. The van der Waals surface area contributed by atoms with Crippen LogP contribution in [0.2, 0.25) is 0 Å². The van der Waals surface area contributed by atoms with Crippen molar-refractivity contribution in [3.05, 3.63) is 29.3 Å². The van der Waals surface area contributed by atoms with Gasteiger partial charge in [0.05, 0.1) is 6.61 Å². The molecule has 0 unspecified atom stereocenters. The van der Waals surface area contributed by atoms with Crippen LogP contribution in [0.25, 0.3) is 0 Å². The Morgan fingerprint density at radius 2 is 2.07 bits per heavy atom. The average molecular weight is 206 g/mol. The molecule has 1 aromatic rings. The topological polar surface area (TPSA) is 29.5 Å². The van der Waals surface area contributed by atoms with Crippen LogP contribution >= 0.6 is 0 Å². The SMILES string of the molecule is OCCCOc1cccc2c1CCCC2. The normalized spacial score (nSPS) is 14.7. The van der Waals surface area contributed by atoms with E-state index in [2.05, 4.69) is 12.1 Å². The number of aliphatic hydroxyl groups excluding tert-OH is 1. The molecule has 1 N–H and O–H groups in total. The van der Waals surface area contributed by atoms with E-state index in [1.54, 1.807) is 0 Å². The van der Waals surface area contributed by atoms with Gasteiger partial charge in [0.25, 0.3) is 0 Å². The van der Waals surface area contributed by atoms with Crippen molar-refractivity contribution in [1.29, 1.82) is 0 Å². The molecule has 0 saturated carbocycles. The van der Waals surface area contributed by atoms with E-state index in [0.717, 1.165) is 12.2 Å². The Balaban J connectivity index is 2.09. The number of hydrogen-bond donors (Lipinski definition) is 1. The molecule has 1 aliphatic rings. The summed E-state index contributed by atoms with van der Waals surface area (Å²) in [6.07, 6.45) is 5.61. The van der Waals surface area contributed by atoms with Gasteiger partial charge in [-0.2, -0.15) is 0 Å². The van der Waals surface area contributed by atoms with Crippen molar-refractivity contribution in [2.24, 2.45) is 0 Å². The predicted molar refractivity (Wildman–Crippen MR) is 60.3 cm³/mol. The maximum Gasteiger partial charge on any atom is 0.122 e. The summed E-state index contributed by atoms with van der Waals surface area (Å²) in [7, 11) is 0. The molecule has 2 nitrogen and oxygen atoms in total. The lowest BCUT2D eigenvalue weighted by Gasteiger charge is -2.19. The minimum absolute atomic E-state index is 0.203. The van der Waals surface area contributed by atoms with Crippen molar-refractivity contribution >= 4 is 0 Å². The van der Waals surface area contributed by atoms with E-state index in [1.165, 1.54) is 30.4 Å². The van der Waals surface area contributed by atoms with E-state index >= 15 is 0 Å². The van der Waals surface area contributed by atoms with Gasteiger partial charge in [0.1, 0.15) is 5.75 Å². The highest BCUT2D eigenvalue weighted by atomic mass is 16.5. The molecule has 82 valence electrons. The first-order valence-electron chi connectivity index (χ1n) is 5.76. The Bertz CT molecular complexity index is 320. The molecule has 0 spiro atoms. The number of aliphatic hydroxyl groups is 1. The Kier molecular flexibility index (Phi) is 3.62. The highest BCUT2D eigenvalue weighted by molar-refractivity contribution is 5.41. The molecule has 2 rings (SSSR count). The second-order valence-corrected chi connectivity index (χ2v) is 4.03. The van der Waals surface area contributed by atoms with Crippen molar-refractivity contribution in [3.8, 4) is 5.75 Å². The first kappa shape index (κ1) is 10.5. The Labute approximate surface area is 90.9 Å². The van der Waals surface area contributed by atoms with Crippen LogP contribution in [0.5, 0.6) is 5.75 Å². The van der Waals surface area contributed by atoms with Crippen LogP contribution in [0, 0.1) is 0 Å². The van der Waals surface area contributed by atoms with Gasteiger partial charge in [0.15, 0.2) is 0 Å². The number of rotatable bonds is 4. The van der Waals surface area contributed by atoms with Gasteiger partial charge in [-0.05, 0) is 42.9 Å². The lowest BCUT2D eigenvalue weighted by molar-refractivity contribution is 0.232. The van der Waals surface area contributed by atoms with Gasteiger partial charge in [0.2, 0.25) is 0 Å². The van der Waals surface area contributed by atoms with E-state index in [4.69, 9.17) is 9.84 Å². The molecule has 1 aromatic carbocycles. The first-order chi connectivity index (χ1) is 7.42. The van der Waals surface area contributed by atoms with Crippen LogP contribution in [0.3, 0.4) is 0 Å².